The van der Waals surface area contributed by atoms with Crippen molar-refractivity contribution in [1.29, 1.82) is 0 Å². The van der Waals surface area contributed by atoms with Gasteiger partial charge in [0.05, 0.1) is 5.41 Å². The number of carboxylic acids is 1. The van der Waals surface area contributed by atoms with E-state index in [-0.39, 0.29) is 0 Å². The summed E-state index contributed by atoms with van der Waals surface area (Å²) in [5.74, 6) is 0.106. The van der Waals surface area contributed by atoms with Crippen LogP contribution in [-0.2, 0) is 9.53 Å². The summed E-state index contributed by atoms with van der Waals surface area (Å²) in [6.07, 6.45) is 5.61. The molecule has 0 radical (unpaired) electrons. The smallest absolute Gasteiger partial charge is 0.309 e. The molecule has 1 rings (SSSR count). The van der Waals surface area contributed by atoms with Crippen molar-refractivity contribution in [3.8, 4) is 0 Å². The molecule has 0 saturated heterocycles. The van der Waals surface area contributed by atoms with E-state index in [0.717, 1.165) is 31.6 Å². The Morgan fingerprint density at radius 2 is 2.07 bits per heavy atom. The van der Waals surface area contributed by atoms with E-state index in [1.165, 1.54) is 6.42 Å². The van der Waals surface area contributed by atoms with E-state index in [2.05, 4.69) is 6.92 Å². The van der Waals surface area contributed by atoms with Gasteiger partial charge in [0.25, 0.3) is 0 Å². The van der Waals surface area contributed by atoms with Gasteiger partial charge in [-0.1, -0.05) is 13.3 Å². The van der Waals surface area contributed by atoms with Crippen molar-refractivity contribution in [3.05, 3.63) is 0 Å². The molecule has 0 amide bonds. The summed E-state index contributed by atoms with van der Waals surface area (Å²) in [7, 11) is 1.63. The Labute approximate surface area is 91.8 Å². The van der Waals surface area contributed by atoms with Gasteiger partial charge < -0.3 is 9.84 Å². The first-order valence-corrected chi connectivity index (χ1v) is 5.87. The summed E-state index contributed by atoms with van der Waals surface area (Å²) >= 11 is 0. The Morgan fingerprint density at radius 3 is 2.47 bits per heavy atom. The molecule has 0 aromatic rings. The first kappa shape index (κ1) is 12.5. The minimum atomic E-state index is -0.630. The van der Waals surface area contributed by atoms with Crippen LogP contribution in [0.25, 0.3) is 0 Å². The molecule has 1 aliphatic rings. The maximum Gasteiger partial charge on any atom is 0.309 e. The third-order valence-corrected chi connectivity index (χ3v) is 3.88. The molecule has 0 atom stereocenters. The number of hydrogen-bond donors (Lipinski definition) is 1. The fraction of sp³-hybridized carbons (Fsp3) is 0.917. The number of ether oxygens (including phenoxy) is 1. The van der Waals surface area contributed by atoms with Gasteiger partial charge in [0.15, 0.2) is 0 Å². The van der Waals surface area contributed by atoms with Crippen molar-refractivity contribution in [2.24, 2.45) is 11.3 Å². The van der Waals surface area contributed by atoms with E-state index in [1.807, 2.05) is 0 Å². The Balaban J connectivity index is 2.56. The summed E-state index contributed by atoms with van der Waals surface area (Å²) in [4.78, 5) is 11.3. The number of methoxy groups -OCH3 is 1. The number of rotatable bonds is 5. The number of aliphatic carboxylic acids is 1. The van der Waals surface area contributed by atoms with Crippen LogP contribution >= 0.6 is 0 Å². The van der Waals surface area contributed by atoms with Gasteiger partial charge in [0.1, 0.15) is 0 Å². The van der Waals surface area contributed by atoms with Crippen LogP contribution in [0.15, 0.2) is 0 Å². The highest BCUT2D eigenvalue weighted by molar-refractivity contribution is 5.74. The maximum atomic E-state index is 11.3. The van der Waals surface area contributed by atoms with E-state index in [4.69, 9.17) is 4.74 Å². The summed E-state index contributed by atoms with van der Waals surface area (Å²) in [6.45, 7) is 2.75. The molecule has 1 saturated carbocycles. The minimum absolute atomic E-state index is 0.498. The van der Waals surface area contributed by atoms with Crippen LogP contribution in [0.4, 0.5) is 0 Å². The van der Waals surface area contributed by atoms with Crippen molar-refractivity contribution in [1.82, 2.24) is 0 Å². The molecule has 0 heterocycles. The van der Waals surface area contributed by atoms with E-state index < -0.39 is 11.4 Å². The molecular formula is C12H22O3. The molecule has 3 heteroatoms. The first-order valence-electron chi connectivity index (χ1n) is 5.87. The van der Waals surface area contributed by atoms with Crippen molar-refractivity contribution < 1.29 is 14.6 Å². The second kappa shape index (κ2) is 5.50. The topological polar surface area (TPSA) is 46.5 Å². The third kappa shape index (κ3) is 2.94. The van der Waals surface area contributed by atoms with E-state index in [9.17, 15) is 9.90 Å². The fourth-order valence-corrected chi connectivity index (χ4v) is 2.51. The van der Waals surface area contributed by atoms with Gasteiger partial charge in [0, 0.05) is 13.7 Å². The Morgan fingerprint density at radius 1 is 1.47 bits per heavy atom. The quantitative estimate of drug-likeness (QED) is 0.765. The normalized spacial score (nSPS) is 31.5. The van der Waals surface area contributed by atoms with E-state index >= 15 is 0 Å². The van der Waals surface area contributed by atoms with Gasteiger partial charge in [-0.15, -0.1) is 0 Å². The van der Waals surface area contributed by atoms with Gasteiger partial charge >= 0.3 is 5.97 Å². The fourth-order valence-electron chi connectivity index (χ4n) is 2.51. The van der Waals surface area contributed by atoms with Gasteiger partial charge in [-0.05, 0) is 38.0 Å². The molecule has 1 aliphatic carbocycles. The van der Waals surface area contributed by atoms with Crippen molar-refractivity contribution >= 4 is 5.97 Å². The number of carbonyl (C=O) groups is 1. The molecular weight excluding hydrogens is 192 g/mol. The van der Waals surface area contributed by atoms with Gasteiger partial charge in [-0.3, -0.25) is 4.79 Å². The standard InChI is InChI=1S/C12H22O3/c1-3-10-4-6-12(7-5-10,11(13)14)8-9-15-2/h10H,3-9H2,1-2H3,(H,13,14). The minimum Gasteiger partial charge on any atom is -0.481 e. The van der Waals surface area contributed by atoms with Crippen molar-refractivity contribution in [3.63, 3.8) is 0 Å². The Bertz CT molecular complexity index is 205. The lowest BCUT2D eigenvalue weighted by Gasteiger charge is -2.36. The second-order valence-corrected chi connectivity index (χ2v) is 4.68. The molecule has 0 aliphatic heterocycles. The van der Waals surface area contributed by atoms with Crippen LogP contribution in [0.2, 0.25) is 0 Å². The lowest BCUT2D eigenvalue weighted by Crippen LogP contribution is -2.36. The third-order valence-electron chi connectivity index (χ3n) is 3.88. The molecule has 1 N–H and O–H groups in total. The highest BCUT2D eigenvalue weighted by atomic mass is 16.5. The molecule has 0 spiro atoms. The predicted octanol–water partition coefficient (Wildman–Crippen LogP) is 2.69. The van der Waals surface area contributed by atoms with Crippen LogP contribution in [-0.4, -0.2) is 24.8 Å². The maximum absolute atomic E-state index is 11.3. The first-order chi connectivity index (χ1) is 7.14. The SMILES string of the molecule is CCC1CCC(CCOC)(C(=O)O)CC1. The average Bonchev–Trinajstić information content (AvgIpc) is 2.27. The molecule has 0 bridgehead atoms. The molecule has 1 fully saturated rings. The summed E-state index contributed by atoms with van der Waals surface area (Å²) in [6, 6.07) is 0. The van der Waals surface area contributed by atoms with Crippen LogP contribution in [0.5, 0.6) is 0 Å². The summed E-state index contributed by atoms with van der Waals surface area (Å²) < 4.78 is 5.01. The van der Waals surface area contributed by atoms with E-state index in [0.29, 0.717) is 13.0 Å². The molecule has 0 aromatic carbocycles. The predicted molar refractivity (Wildman–Crippen MR) is 58.8 cm³/mol. The highest BCUT2D eigenvalue weighted by Crippen LogP contribution is 2.42. The van der Waals surface area contributed by atoms with Crippen LogP contribution in [0.1, 0.15) is 45.4 Å². The molecule has 15 heavy (non-hydrogen) atoms. The van der Waals surface area contributed by atoms with Gasteiger partial charge in [0.2, 0.25) is 0 Å². The molecule has 0 unspecified atom stereocenters. The Kier molecular flexibility index (Phi) is 4.58. The summed E-state index contributed by atoms with van der Waals surface area (Å²) in [5, 5.41) is 9.32. The number of carboxylic acid groups (broad SMARTS) is 1. The lowest BCUT2D eigenvalue weighted by molar-refractivity contribution is -0.153. The van der Waals surface area contributed by atoms with Gasteiger partial charge in [-0.2, -0.15) is 0 Å². The van der Waals surface area contributed by atoms with Gasteiger partial charge in [-0.25, -0.2) is 0 Å². The molecule has 88 valence electrons. The average molecular weight is 214 g/mol. The highest BCUT2D eigenvalue weighted by Gasteiger charge is 2.40. The second-order valence-electron chi connectivity index (χ2n) is 4.68. The summed E-state index contributed by atoms with van der Waals surface area (Å²) in [5.41, 5.74) is -0.498. The largest absolute Gasteiger partial charge is 0.481 e. The Hall–Kier alpha value is -0.570. The zero-order chi connectivity index (χ0) is 11.3. The zero-order valence-electron chi connectivity index (χ0n) is 9.79. The molecule has 0 aromatic heterocycles. The lowest BCUT2D eigenvalue weighted by atomic mass is 9.68. The molecule has 3 nitrogen and oxygen atoms in total. The van der Waals surface area contributed by atoms with Crippen LogP contribution in [0, 0.1) is 11.3 Å². The van der Waals surface area contributed by atoms with Crippen molar-refractivity contribution in [2.75, 3.05) is 13.7 Å². The van der Waals surface area contributed by atoms with Crippen LogP contribution < -0.4 is 0 Å². The van der Waals surface area contributed by atoms with Crippen LogP contribution in [0.3, 0.4) is 0 Å². The zero-order valence-corrected chi connectivity index (χ0v) is 9.79. The van der Waals surface area contributed by atoms with Crippen molar-refractivity contribution in [2.45, 2.75) is 45.4 Å². The monoisotopic (exact) mass is 214 g/mol. The number of hydrogen-bond acceptors (Lipinski definition) is 2. The van der Waals surface area contributed by atoms with E-state index in [1.54, 1.807) is 7.11 Å².